The van der Waals surface area contributed by atoms with E-state index in [-0.39, 0.29) is 0 Å². The van der Waals surface area contributed by atoms with Gasteiger partial charge in [0.1, 0.15) is 0 Å². The second-order valence-corrected chi connectivity index (χ2v) is 7.36. The Kier molecular flexibility index (Phi) is 2.65. The number of nitrogens with zero attached hydrogens (tertiary/aromatic N) is 2. The molecule has 0 N–H and O–H groups in total. The normalized spacial score (nSPS) is 35.8. The van der Waals surface area contributed by atoms with Crippen molar-refractivity contribution in [1.29, 1.82) is 0 Å². The van der Waals surface area contributed by atoms with Gasteiger partial charge in [-0.15, -0.1) is 0 Å². The number of morpholine rings is 1. The van der Waals surface area contributed by atoms with Crippen LogP contribution in [0.1, 0.15) is 24.8 Å². The van der Waals surface area contributed by atoms with Gasteiger partial charge in [-0.1, -0.05) is 12.1 Å². The number of likely N-dealkylation sites (tertiary alicyclic amines) is 1. The largest absolute Gasteiger partial charge is 0.378 e. The van der Waals surface area contributed by atoms with Gasteiger partial charge in [0, 0.05) is 43.3 Å². The molecule has 3 heteroatoms. The summed E-state index contributed by atoms with van der Waals surface area (Å²) in [6.07, 6.45) is 4.31. The van der Waals surface area contributed by atoms with Crippen LogP contribution < -0.4 is 4.90 Å². The lowest BCUT2D eigenvalue weighted by Gasteiger charge is -2.29. The second kappa shape index (κ2) is 4.47. The van der Waals surface area contributed by atoms with Gasteiger partial charge in [-0.2, -0.15) is 0 Å². The van der Waals surface area contributed by atoms with E-state index in [0.29, 0.717) is 5.41 Å². The highest BCUT2D eigenvalue weighted by Crippen LogP contribution is 2.60. The van der Waals surface area contributed by atoms with Crippen molar-refractivity contribution in [3.8, 4) is 0 Å². The van der Waals surface area contributed by atoms with Crippen molar-refractivity contribution in [3.63, 3.8) is 0 Å². The predicted molar refractivity (Wildman–Crippen MR) is 83.9 cm³/mol. The zero-order chi connectivity index (χ0) is 13.9. The van der Waals surface area contributed by atoms with Gasteiger partial charge in [0.15, 0.2) is 0 Å². The first-order valence-corrected chi connectivity index (χ1v) is 8.52. The molecule has 0 radical (unpaired) electrons. The van der Waals surface area contributed by atoms with Crippen molar-refractivity contribution in [1.82, 2.24) is 4.90 Å². The lowest BCUT2D eigenvalue weighted by molar-refractivity contribution is 0.122. The van der Waals surface area contributed by atoms with E-state index in [4.69, 9.17) is 4.74 Å². The lowest BCUT2D eigenvalue weighted by atomic mass is 9.94. The van der Waals surface area contributed by atoms with Crippen molar-refractivity contribution in [2.24, 2.45) is 5.92 Å². The Labute approximate surface area is 126 Å². The van der Waals surface area contributed by atoms with Gasteiger partial charge in [0.05, 0.1) is 13.2 Å². The van der Waals surface area contributed by atoms with Crippen LogP contribution in [-0.2, 0) is 10.2 Å². The SMILES string of the molecule is c1cc(C23CC2CN(C2CC2)C3)ccc1N1CCOCC1. The second-order valence-electron chi connectivity index (χ2n) is 7.36. The fraction of sp³-hybridized carbons (Fsp3) is 0.667. The summed E-state index contributed by atoms with van der Waals surface area (Å²) in [4.78, 5) is 5.20. The first-order valence-electron chi connectivity index (χ1n) is 8.52. The topological polar surface area (TPSA) is 15.7 Å². The summed E-state index contributed by atoms with van der Waals surface area (Å²) in [6, 6.07) is 10.4. The van der Waals surface area contributed by atoms with Crippen molar-refractivity contribution in [2.45, 2.75) is 30.7 Å². The number of ether oxygens (including phenoxy) is 1. The number of piperidine rings is 1. The van der Waals surface area contributed by atoms with E-state index in [1.165, 1.54) is 38.0 Å². The molecule has 4 aliphatic rings. The molecule has 2 aliphatic heterocycles. The summed E-state index contributed by atoms with van der Waals surface area (Å²) < 4.78 is 5.44. The molecule has 0 bridgehead atoms. The van der Waals surface area contributed by atoms with E-state index in [1.807, 2.05) is 0 Å². The van der Waals surface area contributed by atoms with Gasteiger partial charge in [0.25, 0.3) is 0 Å². The van der Waals surface area contributed by atoms with Crippen LogP contribution in [0.25, 0.3) is 0 Å². The Morgan fingerprint density at radius 2 is 1.81 bits per heavy atom. The van der Waals surface area contributed by atoms with E-state index < -0.39 is 0 Å². The van der Waals surface area contributed by atoms with Gasteiger partial charge in [-0.05, 0) is 42.9 Å². The maximum atomic E-state index is 5.44. The smallest absolute Gasteiger partial charge is 0.0642 e. The molecule has 0 aromatic heterocycles. The lowest BCUT2D eigenvalue weighted by Crippen LogP contribution is -2.36. The van der Waals surface area contributed by atoms with Gasteiger partial charge in [-0.25, -0.2) is 0 Å². The number of benzene rings is 1. The molecule has 2 saturated heterocycles. The first kappa shape index (κ1) is 12.5. The summed E-state index contributed by atoms with van der Waals surface area (Å²) in [5, 5.41) is 0. The molecule has 2 aliphatic carbocycles. The fourth-order valence-electron chi connectivity index (χ4n) is 4.51. The number of anilines is 1. The number of rotatable bonds is 3. The minimum absolute atomic E-state index is 0.520. The average Bonchev–Trinajstić information content (AvgIpc) is 3.47. The fourth-order valence-corrected chi connectivity index (χ4v) is 4.51. The zero-order valence-electron chi connectivity index (χ0n) is 12.6. The molecule has 112 valence electrons. The minimum Gasteiger partial charge on any atom is -0.378 e. The zero-order valence-corrected chi connectivity index (χ0v) is 12.6. The van der Waals surface area contributed by atoms with Gasteiger partial charge >= 0.3 is 0 Å². The van der Waals surface area contributed by atoms with Crippen LogP contribution in [0, 0.1) is 5.92 Å². The van der Waals surface area contributed by atoms with Crippen molar-refractivity contribution in [3.05, 3.63) is 29.8 Å². The van der Waals surface area contributed by atoms with Crippen LogP contribution in [0.2, 0.25) is 0 Å². The average molecular weight is 284 g/mol. The van der Waals surface area contributed by atoms with Crippen molar-refractivity contribution >= 4 is 5.69 Å². The maximum Gasteiger partial charge on any atom is 0.0642 e. The molecule has 2 heterocycles. The van der Waals surface area contributed by atoms with Crippen LogP contribution in [0.5, 0.6) is 0 Å². The molecule has 2 atom stereocenters. The Morgan fingerprint density at radius 3 is 2.52 bits per heavy atom. The Balaban J connectivity index is 1.34. The van der Waals surface area contributed by atoms with E-state index in [9.17, 15) is 0 Å². The third-order valence-electron chi connectivity index (χ3n) is 6.05. The number of hydrogen-bond donors (Lipinski definition) is 0. The summed E-state index contributed by atoms with van der Waals surface area (Å²) in [5.41, 5.74) is 3.48. The molecule has 1 aromatic rings. The molecule has 0 amide bonds. The van der Waals surface area contributed by atoms with E-state index in [1.54, 1.807) is 5.56 Å². The van der Waals surface area contributed by atoms with Gasteiger partial charge < -0.3 is 9.64 Å². The summed E-state index contributed by atoms with van der Waals surface area (Å²) in [5.74, 6) is 0.937. The quantitative estimate of drug-likeness (QED) is 0.847. The third-order valence-corrected chi connectivity index (χ3v) is 6.05. The van der Waals surface area contributed by atoms with Crippen LogP contribution in [-0.4, -0.2) is 50.3 Å². The van der Waals surface area contributed by atoms with E-state index >= 15 is 0 Å². The molecular weight excluding hydrogens is 260 g/mol. The van der Waals surface area contributed by atoms with Crippen LogP contribution in [0.15, 0.2) is 24.3 Å². The van der Waals surface area contributed by atoms with Crippen LogP contribution >= 0.6 is 0 Å². The Bertz CT molecular complexity index is 533. The Morgan fingerprint density at radius 1 is 1.05 bits per heavy atom. The minimum atomic E-state index is 0.520. The van der Waals surface area contributed by atoms with Crippen LogP contribution in [0.3, 0.4) is 0 Å². The summed E-state index contributed by atoms with van der Waals surface area (Å²) in [7, 11) is 0. The molecule has 5 rings (SSSR count). The van der Waals surface area contributed by atoms with Gasteiger partial charge in [-0.3, -0.25) is 4.90 Å². The number of fused-ring (bicyclic) bond motifs is 1. The first-order chi connectivity index (χ1) is 10.4. The molecule has 0 spiro atoms. The standard InChI is InChI=1S/C18H24N2O/c1-3-16(19-7-9-21-10-8-19)4-2-14(1)18-11-15(18)12-20(13-18)17-5-6-17/h1-4,15,17H,5-13H2. The molecular formula is C18H24N2O. The highest BCUT2D eigenvalue weighted by molar-refractivity contribution is 5.51. The molecule has 21 heavy (non-hydrogen) atoms. The monoisotopic (exact) mass is 284 g/mol. The van der Waals surface area contributed by atoms with E-state index in [2.05, 4.69) is 34.1 Å². The predicted octanol–water partition coefficient (Wildman–Crippen LogP) is 2.26. The molecule has 1 aromatic carbocycles. The molecule has 2 saturated carbocycles. The Hall–Kier alpha value is -1.06. The van der Waals surface area contributed by atoms with Gasteiger partial charge in [0.2, 0.25) is 0 Å². The highest BCUT2D eigenvalue weighted by atomic mass is 16.5. The van der Waals surface area contributed by atoms with E-state index in [0.717, 1.165) is 38.3 Å². The molecule has 2 unspecified atom stereocenters. The van der Waals surface area contributed by atoms with Crippen LogP contribution in [0.4, 0.5) is 5.69 Å². The van der Waals surface area contributed by atoms with Crippen molar-refractivity contribution in [2.75, 3.05) is 44.3 Å². The maximum absolute atomic E-state index is 5.44. The highest BCUT2D eigenvalue weighted by Gasteiger charge is 2.62. The van der Waals surface area contributed by atoms with Crippen molar-refractivity contribution < 1.29 is 4.74 Å². The summed E-state index contributed by atoms with van der Waals surface area (Å²) >= 11 is 0. The molecule has 3 nitrogen and oxygen atoms in total. The summed E-state index contributed by atoms with van der Waals surface area (Å²) in [6.45, 7) is 6.47. The third kappa shape index (κ3) is 2.01. The molecule has 4 fully saturated rings. The number of hydrogen-bond acceptors (Lipinski definition) is 3.